The lowest BCUT2D eigenvalue weighted by molar-refractivity contribution is 0.0714. The molecule has 0 aromatic carbocycles. The summed E-state index contributed by atoms with van der Waals surface area (Å²) in [5.41, 5.74) is 0.252. The zero-order valence-corrected chi connectivity index (χ0v) is 14.6. The first-order valence-corrected chi connectivity index (χ1v) is 8.54. The molecule has 0 aliphatic carbocycles. The van der Waals surface area contributed by atoms with Gasteiger partial charge in [0, 0.05) is 25.0 Å². The van der Waals surface area contributed by atoms with Crippen molar-refractivity contribution in [2.24, 2.45) is 0 Å². The highest BCUT2D eigenvalue weighted by Gasteiger charge is 2.31. The largest absolute Gasteiger partial charge is 0.475 e. The highest BCUT2D eigenvalue weighted by molar-refractivity contribution is 6.33. The molecule has 2 aromatic rings. The molecule has 1 aliphatic heterocycles. The van der Waals surface area contributed by atoms with Crippen molar-refractivity contribution in [1.82, 2.24) is 19.7 Å². The molecule has 3 heterocycles. The van der Waals surface area contributed by atoms with Crippen LogP contribution in [0.15, 0.2) is 30.6 Å². The second kappa shape index (κ2) is 7.21. The van der Waals surface area contributed by atoms with Crippen LogP contribution in [-0.4, -0.2) is 44.3 Å². The van der Waals surface area contributed by atoms with Gasteiger partial charge in [0.05, 0.1) is 23.7 Å². The summed E-state index contributed by atoms with van der Waals surface area (Å²) in [7, 11) is 0. The molecular weight excluding hydrogens is 328 g/mol. The number of pyridine rings is 1. The second-order valence-electron chi connectivity index (χ2n) is 6.17. The van der Waals surface area contributed by atoms with E-state index in [1.165, 1.54) is 0 Å². The van der Waals surface area contributed by atoms with Gasteiger partial charge >= 0.3 is 0 Å². The van der Waals surface area contributed by atoms with Crippen molar-refractivity contribution in [3.63, 3.8) is 0 Å². The Labute approximate surface area is 146 Å². The van der Waals surface area contributed by atoms with Crippen LogP contribution < -0.4 is 4.74 Å². The fraction of sp³-hybridized carbons (Fsp3) is 0.471. The molecule has 1 atom stereocenters. The number of likely N-dealkylation sites (tertiary alicyclic amines) is 1. The molecule has 1 amide bonds. The third kappa shape index (κ3) is 3.70. The summed E-state index contributed by atoms with van der Waals surface area (Å²) < 4.78 is 7.43. The molecule has 1 unspecified atom stereocenters. The first-order chi connectivity index (χ1) is 11.5. The zero-order valence-electron chi connectivity index (χ0n) is 13.9. The summed E-state index contributed by atoms with van der Waals surface area (Å²) in [5, 5.41) is 4.58. The summed E-state index contributed by atoms with van der Waals surface area (Å²) in [6, 6.07) is 5.33. The van der Waals surface area contributed by atoms with E-state index in [-0.39, 0.29) is 23.7 Å². The van der Waals surface area contributed by atoms with E-state index in [0.717, 1.165) is 12.8 Å². The average Bonchev–Trinajstić information content (AvgIpc) is 3.20. The van der Waals surface area contributed by atoms with Crippen LogP contribution in [0.4, 0.5) is 0 Å². The van der Waals surface area contributed by atoms with Crippen molar-refractivity contribution in [2.45, 2.75) is 45.4 Å². The Kier molecular flexibility index (Phi) is 5.04. The fourth-order valence-corrected chi connectivity index (χ4v) is 3.12. The molecule has 1 fully saturated rings. The number of ether oxygens (including phenoxy) is 1. The van der Waals surface area contributed by atoms with Crippen molar-refractivity contribution >= 4 is 17.5 Å². The standard InChI is InChI=1S/C17H21ClN4O2/c1-12(2)24-15-7-6-14(18)16(20-15)17(23)22-10-3-5-13(22)11-21-9-4-8-19-21/h4,6-9,12-13H,3,5,10-11H2,1-2H3. The quantitative estimate of drug-likeness (QED) is 0.833. The van der Waals surface area contributed by atoms with E-state index in [2.05, 4.69) is 10.1 Å². The van der Waals surface area contributed by atoms with E-state index < -0.39 is 0 Å². The third-order valence-electron chi connectivity index (χ3n) is 3.97. The highest BCUT2D eigenvalue weighted by Crippen LogP contribution is 2.25. The maximum Gasteiger partial charge on any atom is 0.274 e. The van der Waals surface area contributed by atoms with Gasteiger partial charge in [-0.15, -0.1) is 0 Å². The van der Waals surface area contributed by atoms with Crippen molar-refractivity contribution in [3.8, 4) is 5.88 Å². The van der Waals surface area contributed by atoms with Crippen molar-refractivity contribution < 1.29 is 9.53 Å². The van der Waals surface area contributed by atoms with Gasteiger partial charge in [0.25, 0.3) is 5.91 Å². The van der Waals surface area contributed by atoms with Gasteiger partial charge in [-0.2, -0.15) is 5.10 Å². The van der Waals surface area contributed by atoms with Crippen LogP contribution in [0.5, 0.6) is 5.88 Å². The minimum absolute atomic E-state index is 0.0130. The number of rotatable bonds is 5. The van der Waals surface area contributed by atoms with Gasteiger partial charge in [0.1, 0.15) is 0 Å². The molecule has 0 saturated carbocycles. The van der Waals surface area contributed by atoms with Crippen LogP contribution in [0.3, 0.4) is 0 Å². The van der Waals surface area contributed by atoms with E-state index in [9.17, 15) is 4.79 Å². The number of carbonyl (C=O) groups excluding carboxylic acids is 1. The first kappa shape index (κ1) is 16.8. The van der Waals surface area contributed by atoms with Gasteiger partial charge in [-0.3, -0.25) is 9.48 Å². The molecule has 2 aromatic heterocycles. The number of hydrogen-bond acceptors (Lipinski definition) is 4. The Morgan fingerprint density at radius 2 is 2.29 bits per heavy atom. The molecular formula is C17H21ClN4O2. The zero-order chi connectivity index (χ0) is 17.1. The maximum atomic E-state index is 12.9. The van der Waals surface area contributed by atoms with Crippen molar-refractivity contribution in [2.75, 3.05) is 6.54 Å². The molecule has 3 rings (SSSR count). The van der Waals surface area contributed by atoms with Gasteiger partial charge in [-0.05, 0) is 38.8 Å². The highest BCUT2D eigenvalue weighted by atomic mass is 35.5. The number of carbonyl (C=O) groups is 1. The lowest BCUT2D eigenvalue weighted by Gasteiger charge is -2.25. The predicted molar refractivity (Wildman–Crippen MR) is 91.3 cm³/mol. The third-order valence-corrected chi connectivity index (χ3v) is 4.28. The van der Waals surface area contributed by atoms with Crippen LogP contribution in [0.2, 0.25) is 5.02 Å². The number of aromatic nitrogens is 3. The van der Waals surface area contributed by atoms with Gasteiger partial charge in [0.2, 0.25) is 5.88 Å². The molecule has 0 radical (unpaired) electrons. The van der Waals surface area contributed by atoms with Crippen molar-refractivity contribution in [3.05, 3.63) is 41.3 Å². The first-order valence-electron chi connectivity index (χ1n) is 8.16. The predicted octanol–water partition coefficient (Wildman–Crippen LogP) is 3.02. The summed E-state index contributed by atoms with van der Waals surface area (Å²) in [4.78, 5) is 19.1. The van der Waals surface area contributed by atoms with E-state index in [1.54, 1.807) is 18.3 Å². The Balaban J connectivity index is 1.79. The minimum atomic E-state index is -0.149. The molecule has 128 valence electrons. The van der Waals surface area contributed by atoms with Crippen LogP contribution in [0.25, 0.3) is 0 Å². The number of halogens is 1. The summed E-state index contributed by atoms with van der Waals surface area (Å²) in [5.74, 6) is 0.268. The molecule has 24 heavy (non-hydrogen) atoms. The van der Waals surface area contributed by atoms with Crippen molar-refractivity contribution in [1.29, 1.82) is 0 Å². The maximum absolute atomic E-state index is 12.9. The smallest absolute Gasteiger partial charge is 0.274 e. The van der Waals surface area contributed by atoms with E-state index in [4.69, 9.17) is 16.3 Å². The van der Waals surface area contributed by atoms with Crippen LogP contribution in [0, 0.1) is 0 Å². The van der Waals surface area contributed by atoms with Gasteiger partial charge < -0.3 is 9.64 Å². The fourth-order valence-electron chi connectivity index (χ4n) is 2.93. The van der Waals surface area contributed by atoms with Gasteiger partial charge in [-0.1, -0.05) is 11.6 Å². The van der Waals surface area contributed by atoms with Crippen LogP contribution in [0.1, 0.15) is 37.2 Å². The minimum Gasteiger partial charge on any atom is -0.475 e. The Morgan fingerprint density at radius 1 is 1.46 bits per heavy atom. The van der Waals surface area contributed by atoms with E-state index >= 15 is 0 Å². The molecule has 6 nitrogen and oxygen atoms in total. The monoisotopic (exact) mass is 348 g/mol. The van der Waals surface area contributed by atoms with Crippen LogP contribution >= 0.6 is 11.6 Å². The Hall–Kier alpha value is -2.08. The Bertz CT molecular complexity index is 703. The van der Waals surface area contributed by atoms with E-state index in [1.807, 2.05) is 35.7 Å². The molecule has 1 aliphatic rings. The molecule has 0 bridgehead atoms. The molecule has 0 N–H and O–H groups in total. The summed E-state index contributed by atoms with van der Waals surface area (Å²) in [6.45, 7) is 5.22. The Morgan fingerprint density at radius 3 is 3.00 bits per heavy atom. The number of amides is 1. The normalized spacial score (nSPS) is 17.5. The second-order valence-corrected chi connectivity index (χ2v) is 6.58. The van der Waals surface area contributed by atoms with Crippen LogP contribution in [-0.2, 0) is 6.54 Å². The van der Waals surface area contributed by atoms with E-state index in [0.29, 0.717) is 24.0 Å². The SMILES string of the molecule is CC(C)Oc1ccc(Cl)c(C(=O)N2CCCC2Cn2cccn2)n1. The van der Waals surface area contributed by atoms with Gasteiger partial charge in [-0.25, -0.2) is 4.98 Å². The molecule has 0 spiro atoms. The average molecular weight is 349 g/mol. The number of nitrogens with zero attached hydrogens (tertiary/aromatic N) is 4. The topological polar surface area (TPSA) is 60.2 Å². The number of hydrogen-bond donors (Lipinski definition) is 0. The lowest BCUT2D eigenvalue weighted by Crippen LogP contribution is -2.38. The molecule has 7 heteroatoms. The van der Waals surface area contributed by atoms with Gasteiger partial charge in [0.15, 0.2) is 5.69 Å². The molecule has 1 saturated heterocycles. The summed E-state index contributed by atoms with van der Waals surface area (Å²) in [6.07, 6.45) is 5.55. The lowest BCUT2D eigenvalue weighted by atomic mass is 10.2. The summed E-state index contributed by atoms with van der Waals surface area (Å²) >= 11 is 6.21.